The first-order chi connectivity index (χ1) is 24.8. The molecule has 50 heavy (non-hydrogen) atoms. The Morgan fingerprint density at radius 1 is 0.280 bits per heavy atom. The van der Waals surface area contributed by atoms with Gasteiger partial charge >= 0.3 is 0 Å². The summed E-state index contributed by atoms with van der Waals surface area (Å²) in [6.45, 7) is 0. The highest BCUT2D eigenvalue weighted by Gasteiger charge is 2.41. The molecule has 2 atom stereocenters. The van der Waals surface area contributed by atoms with Crippen LogP contribution in [0, 0.1) is 0 Å². The van der Waals surface area contributed by atoms with Gasteiger partial charge in [0.2, 0.25) is 0 Å². The Morgan fingerprint density at radius 3 is 1.06 bits per heavy atom. The van der Waals surface area contributed by atoms with Gasteiger partial charge in [-0.05, 0) is 103 Å². The molecule has 8 aromatic rings. The van der Waals surface area contributed by atoms with Gasteiger partial charge in [-0.25, -0.2) is 0 Å². The van der Waals surface area contributed by atoms with E-state index in [0.717, 1.165) is 22.5 Å². The van der Waals surface area contributed by atoms with E-state index in [1.54, 1.807) is 0 Å². The average Bonchev–Trinajstić information content (AvgIpc) is 3.70. The van der Waals surface area contributed by atoms with Crippen LogP contribution in [-0.4, -0.2) is 9.97 Å². The van der Waals surface area contributed by atoms with Gasteiger partial charge in [0.15, 0.2) is 0 Å². The van der Waals surface area contributed by atoms with Crippen LogP contribution in [0.1, 0.15) is 34.1 Å². The first-order valence-electron chi connectivity index (χ1n) is 17.3. The summed E-state index contributed by atoms with van der Waals surface area (Å²) in [4.78, 5) is 9.10. The quantitative estimate of drug-likeness (QED) is 0.188. The maximum Gasteiger partial charge on any atom is 0.0701 e. The molecule has 2 nitrogen and oxygen atoms in total. The van der Waals surface area contributed by atoms with E-state index in [2.05, 4.69) is 156 Å². The summed E-state index contributed by atoms with van der Waals surface area (Å²) < 4.78 is 0. The zero-order chi connectivity index (χ0) is 33.0. The molecular formula is C48H32N2. The first kappa shape index (κ1) is 28.6. The van der Waals surface area contributed by atoms with E-state index in [-0.39, 0.29) is 11.8 Å². The molecule has 2 heterocycles. The van der Waals surface area contributed by atoms with Gasteiger partial charge in [-0.2, -0.15) is 0 Å². The molecule has 6 aromatic carbocycles. The number of benzene rings is 6. The molecule has 0 radical (unpaired) electrons. The highest BCUT2D eigenvalue weighted by molar-refractivity contribution is 5.88. The van der Waals surface area contributed by atoms with E-state index in [1.165, 1.54) is 66.8 Å². The lowest BCUT2D eigenvalue weighted by Crippen LogP contribution is -2.10. The van der Waals surface area contributed by atoms with E-state index in [1.807, 2.05) is 36.7 Å². The Labute approximate surface area is 292 Å². The van der Waals surface area contributed by atoms with Crippen molar-refractivity contribution in [3.8, 4) is 67.0 Å². The Hall–Kier alpha value is -6.38. The van der Waals surface area contributed by atoms with Gasteiger partial charge < -0.3 is 0 Å². The van der Waals surface area contributed by atoms with Crippen molar-refractivity contribution in [2.24, 2.45) is 0 Å². The van der Waals surface area contributed by atoms with Crippen LogP contribution in [0.15, 0.2) is 182 Å². The number of rotatable bonds is 5. The van der Waals surface area contributed by atoms with E-state index in [9.17, 15) is 0 Å². The zero-order valence-electron chi connectivity index (χ0n) is 27.4. The van der Waals surface area contributed by atoms with Crippen LogP contribution in [0.2, 0.25) is 0 Å². The summed E-state index contributed by atoms with van der Waals surface area (Å²) in [5.41, 5.74) is 20.1. The van der Waals surface area contributed by atoms with Crippen molar-refractivity contribution in [1.29, 1.82) is 0 Å². The molecule has 0 saturated carbocycles. The van der Waals surface area contributed by atoms with Gasteiger partial charge in [0.1, 0.15) is 0 Å². The third-order valence-electron chi connectivity index (χ3n) is 10.6. The van der Waals surface area contributed by atoms with Crippen LogP contribution in [0.3, 0.4) is 0 Å². The molecule has 0 amide bonds. The molecule has 0 saturated heterocycles. The van der Waals surface area contributed by atoms with Gasteiger partial charge in [-0.3, -0.25) is 9.97 Å². The molecule has 10 rings (SSSR count). The summed E-state index contributed by atoms with van der Waals surface area (Å²) in [6, 6.07) is 62.0. The molecule has 0 fully saturated rings. The van der Waals surface area contributed by atoms with Crippen LogP contribution < -0.4 is 0 Å². The van der Waals surface area contributed by atoms with Crippen molar-refractivity contribution >= 4 is 0 Å². The molecule has 0 bridgehead atoms. The van der Waals surface area contributed by atoms with E-state index in [4.69, 9.17) is 0 Å². The van der Waals surface area contributed by atoms with Gasteiger partial charge in [0.25, 0.3) is 0 Å². The largest absolute Gasteiger partial charge is 0.256 e. The van der Waals surface area contributed by atoms with Crippen LogP contribution in [-0.2, 0) is 0 Å². The lowest BCUT2D eigenvalue weighted by atomic mass is 9.77. The molecular weight excluding hydrogens is 605 g/mol. The van der Waals surface area contributed by atoms with Gasteiger partial charge in [0.05, 0.1) is 11.4 Å². The van der Waals surface area contributed by atoms with Crippen molar-refractivity contribution in [3.63, 3.8) is 0 Å². The molecule has 2 aromatic heterocycles. The lowest BCUT2D eigenvalue weighted by molar-refractivity contribution is 0.724. The number of pyridine rings is 2. The maximum absolute atomic E-state index is 4.55. The minimum atomic E-state index is 0.193. The Bertz CT molecular complexity index is 2340. The highest BCUT2D eigenvalue weighted by Crippen LogP contribution is 2.59. The third-order valence-corrected chi connectivity index (χ3v) is 10.6. The monoisotopic (exact) mass is 636 g/mol. The van der Waals surface area contributed by atoms with Crippen molar-refractivity contribution in [1.82, 2.24) is 9.97 Å². The topological polar surface area (TPSA) is 25.8 Å². The molecule has 2 aliphatic carbocycles. The standard InChI is InChI=1S/C48H32N2/c1-3-11-41-37(9-1)39-25-23-35(31-15-19-33(20-16-31)45-13-5-7-27-49-45)29-43(39)47(41)48-42-12-4-2-10-38(42)40-26-24-36(30-44(40)48)32-17-21-34(22-18-32)46-14-6-8-28-50-46/h1-30,47-48H. The second-order valence-electron chi connectivity index (χ2n) is 13.3. The summed E-state index contributed by atoms with van der Waals surface area (Å²) in [5, 5.41) is 0. The Balaban J connectivity index is 1.09. The van der Waals surface area contributed by atoms with Crippen molar-refractivity contribution in [2.45, 2.75) is 11.8 Å². The second-order valence-corrected chi connectivity index (χ2v) is 13.3. The molecule has 2 heteroatoms. The van der Waals surface area contributed by atoms with Gasteiger partial charge in [-0.15, -0.1) is 0 Å². The Kier molecular flexibility index (Phi) is 6.67. The van der Waals surface area contributed by atoms with Crippen molar-refractivity contribution in [3.05, 3.63) is 205 Å². The van der Waals surface area contributed by atoms with Crippen LogP contribution in [0.4, 0.5) is 0 Å². The highest BCUT2D eigenvalue weighted by atomic mass is 14.7. The number of fused-ring (bicyclic) bond motifs is 6. The summed E-state index contributed by atoms with van der Waals surface area (Å²) in [7, 11) is 0. The van der Waals surface area contributed by atoms with E-state index < -0.39 is 0 Å². The summed E-state index contributed by atoms with van der Waals surface area (Å²) in [5.74, 6) is 0.385. The normalized spacial score (nSPS) is 15.2. The second kappa shape index (κ2) is 11.6. The first-order valence-corrected chi connectivity index (χ1v) is 17.3. The average molecular weight is 637 g/mol. The summed E-state index contributed by atoms with van der Waals surface area (Å²) >= 11 is 0. The number of aromatic nitrogens is 2. The molecule has 0 N–H and O–H groups in total. The molecule has 234 valence electrons. The Morgan fingerprint density at radius 2 is 0.640 bits per heavy atom. The molecule has 0 spiro atoms. The smallest absolute Gasteiger partial charge is 0.0701 e. The van der Waals surface area contributed by atoms with E-state index >= 15 is 0 Å². The summed E-state index contributed by atoms with van der Waals surface area (Å²) in [6.07, 6.45) is 3.70. The third kappa shape index (κ3) is 4.64. The predicted octanol–water partition coefficient (Wildman–Crippen LogP) is 12.1. The van der Waals surface area contributed by atoms with Crippen LogP contribution in [0.5, 0.6) is 0 Å². The fourth-order valence-electron chi connectivity index (χ4n) is 8.30. The number of nitrogens with zero attached hydrogens (tertiary/aromatic N) is 2. The minimum absolute atomic E-state index is 0.193. The zero-order valence-corrected chi connectivity index (χ0v) is 27.4. The molecule has 2 aliphatic rings. The molecule has 2 unspecified atom stereocenters. The minimum Gasteiger partial charge on any atom is -0.256 e. The fourth-order valence-corrected chi connectivity index (χ4v) is 8.30. The number of hydrogen-bond acceptors (Lipinski definition) is 2. The SMILES string of the molecule is c1ccc(-c2ccc(-c3ccc4c(c3)C(C3c5ccccc5-c5ccc(-c6ccc(-c7ccccn7)cc6)cc53)c3ccccc3-4)cc2)nc1. The van der Waals surface area contributed by atoms with E-state index in [0.29, 0.717) is 0 Å². The number of hydrogen-bond donors (Lipinski definition) is 0. The van der Waals surface area contributed by atoms with Crippen molar-refractivity contribution < 1.29 is 0 Å². The van der Waals surface area contributed by atoms with Crippen LogP contribution in [0.25, 0.3) is 67.0 Å². The van der Waals surface area contributed by atoms with Crippen molar-refractivity contribution in [2.75, 3.05) is 0 Å². The predicted molar refractivity (Wildman–Crippen MR) is 205 cm³/mol. The maximum atomic E-state index is 4.55. The van der Waals surface area contributed by atoms with Gasteiger partial charge in [-0.1, -0.05) is 133 Å². The lowest BCUT2D eigenvalue weighted by Gasteiger charge is -2.25. The fraction of sp³-hybridized carbons (Fsp3) is 0.0417. The van der Waals surface area contributed by atoms with Crippen LogP contribution >= 0.6 is 0 Å². The van der Waals surface area contributed by atoms with Gasteiger partial charge in [0, 0.05) is 35.4 Å². The molecule has 0 aliphatic heterocycles.